The molecule has 4 aromatic rings. The second-order valence-electron chi connectivity index (χ2n) is 9.39. The Morgan fingerprint density at radius 3 is 2.03 bits per heavy atom. The smallest absolute Gasteiger partial charge is 0.337 e. The molecular weight excluding hydrogens is 488 g/mol. The van der Waals surface area contributed by atoms with E-state index in [1.807, 2.05) is 30.3 Å². The maximum absolute atomic E-state index is 11.9. The molecule has 4 rings (SSSR count). The van der Waals surface area contributed by atoms with Crippen LogP contribution in [0, 0.1) is 0 Å². The Balaban J connectivity index is 1.50. The molecule has 0 atom stereocenters. The van der Waals surface area contributed by atoms with Gasteiger partial charge < -0.3 is 15.2 Å². The Morgan fingerprint density at radius 1 is 0.795 bits per heavy atom. The van der Waals surface area contributed by atoms with E-state index in [1.54, 1.807) is 30.3 Å². The Kier molecular flexibility index (Phi) is 9.86. The van der Waals surface area contributed by atoms with Crippen LogP contribution < -0.4 is 10.5 Å². The topological polar surface area (TPSA) is 81.9 Å². The van der Waals surface area contributed by atoms with Gasteiger partial charge in [0.15, 0.2) is 0 Å². The summed E-state index contributed by atoms with van der Waals surface area (Å²) in [5.74, 6) is -0.000469. The van der Waals surface area contributed by atoms with Crippen LogP contribution in [0.1, 0.15) is 49.7 Å². The van der Waals surface area contributed by atoms with Crippen molar-refractivity contribution in [2.24, 2.45) is 5.73 Å². The van der Waals surface area contributed by atoms with Crippen molar-refractivity contribution in [3.05, 3.63) is 137 Å². The molecule has 0 spiro atoms. The van der Waals surface area contributed by atoms with Crippen LogP contribution in [-0.4, -0.2) is 43.6 Å². The van der Waals surface area contributed by atoms with Gasteiger partial charge in [0.05, 0.1) is 19.3 Å². The van der Waals surface area contributed by atoms with Crippen molar-refractivity contribution >= 4 is 11.9 Å². The Bertz CT molecular complexity index is 1300. The second kappa shape index (κ2) is 13.9. The van der Waals surface area contributed by atoms with Crippen LogP contribution in [0.25, 0.3) is 0 Å². The van der Waals surface area contributed by atoms with E-state index in [2.05, 4.69) is 53.4 Å². The number of methoxy groups -OCH3 is 1. The third-order valence-corrected chi connectivity index (χ3v) is 6.63. The number of amides is 1. The molecule has 4 aromatic carbocycles. The number of ether oxygens (including phenoxy) is 2. The van der Waals surface area contributed by atoms with Crippen LogP contribution in [0.15, 0.2) is 109 Å². The van der Waals surface area contributed by atoms with Crippen molar-refractivity contribution < 1.29 is 19.1 Å². The summed E-state index contributed by atoms with van der Waals surface area (Å²) < 4.78 is 10.8. The predicted octanol–water partition coefficient (Wildman–Crippen LogP) is 5.68. The first-order valence-corrected chi connectivity index (χ1v) is 13.1. The van der Waals surface area contributed by atoms with Crippen LogP contribution in [0.4, 0.5) is 0 Å². The lowest BCUT2D eigenvalue weighted by molar-refractivity contribution is 0.0600. The normalized spacial score (nSPS) is 10.9. The molecule has 6 nitrogen and oxygen atoms in total. The highest BCUT2D eigenvalue weighted by molar-refractivity contribution is 5.93. The lowest BCUT2D eigenvalue weighted by Crippen LogP contribution is -2.30. The summed E-state index contributed by atoms with van der Waals surface area (Å²) in [6.45, 7) is 2.82. The van der Waals surface area contributed by atoms with Gasteiger partial charge in [-0.1, -0.05) is 78.9 Å². The Morgan fingerprint density at radius 2 is 1.44 bits per heavy atom. The molecule has 0 unspecified atom stereocenters. The number of hydrogen-bond donors (Lipinski definition) is 1. The first kappa shape index (κ1) is 27.6. The number of esters is 1. The largest absolute Gasteiger partial charge is 0.494 e. The predicted molar refractivity (Wildman–Crippen MR) is 153 cm³/mol. The molecule has 0 fully saturated rings. The van der Waals surface area contributed by atoms with Crippen molar-refractivity contribution in [2.75, 3.05) is 26.8 Å². The number of primary amides is 1. The molecule has 0 aliphatic rings. The minimum atomic E-state index is -0.474. The zero-order valence-corrected chi connectivity index (χ0v) is 22.2. The number of nitrogens with zero attached hydrogens (tertiary/aromatic N) is 1. The number of nitrogens with two attached hydrogens (primary N) is 1. The van der Waals surface area contributed by atoms with Crippen molar-refractivity contribution in [1.29, 1.82) is 0 Å². The van der Waals surface area contributed by atoms with E-state index in [-0.39, 0.29) is 11.9 Å². The molecule has 0 heterocycles. The monoisotopic (exact) mass is 522 g/mol. The highest BCUT2D eigenvalue weighted by atomic mass is 16.5. The number of carbonyl (C=O) groups excluding carboxylic acids is 2. The molecule has 0 radical (unpaired) electrons. The maximum Gasteiger partial charge on any atom is 0.337 e. The number of rotatable bonds is 13. The van der Waals surface area contributed by atoms with E-state index in [0.717, 1.165) is 31.6 Å². The van der Waals surface area contributed by atoms with Crippen LogP contribution in [0.5, 0.6) is 5.75 Å². The van der Waals surface area contributed by atoms with Crippen molar-refractivity contribution in [2.45, 2.75) is 18.9 Å². The minimum Gasteiger partial charge on any atom is -0.494 e. The number of carbonyl (C=O) groups is 2. The first-order chi connectivity index (χ1) is 19.0. The molecule has 200 valence electrons. The molecule has 0 saturated heterocycles. The first-order valence-electron chi connectivity index (χ1n) is 13.1. The molecule has 6 heteroatoms. The van der Waals surface area contributed by atoms with Gasteiger partial charge in [-0.2, -0.15) is 0 Å². The van der Waals surface area contributed by atoms with Crippen LogP contribution in [0.2, 0.25) is 0 Å². The quantitative estimate of drug-likeness (QED) is 0.181. The summed E-state index contributed by atoms with van der Waals surface area (Å²) in [6, 6.07) is 35.6. The van der Waals surface area contributed by atoms with E-state index < -0.39 is 5.91 Å². The molecule has 0 aromatic heterocycles. The minimum absolute atomic E-state index is 0.190. The molecule has 0 bridgehead atoms. The summed E-state index contributed by atoms with van der Waals surface area (Å²) in [5.41, 5.74) is 9.99. The van der Waals surface area contributed by atoms with Crippen molar-refractivity contribution in [3.63, 3.8) is 0 Å². The third-order valence-electron chi connectivity index (χ3n) is 6.63. The Labute approximate surface area is 230 Å². The van der Waals surface area contributed by atoms with Crippen molar-refractivity contribution in [3.8, 4) is 5.75 Å². The van der Waals surface area contributed by atoms with E-state index >= 15 is 0 Å². The second-order valence-corrected chi connectivity index (χ2v) is 9.39. The van der Waals surface area contributed by atoms with Crippen LogP contribution in [0.3, 0.4) is 0 Å². The number of benzene rings is 4. The summed E-state index contributed by atoms with van der Waals surface area (Å²) in [6.07, 6.45) is 0.789. The zero-order chi connectivity index (χ0) is 27.5. The van der Waals surface area contributed by atoms with Gasteiger partial charge in [-0.3, -0.25) is 9.69 Å². The molecule has 0 aliphatic carbocycles. The van der Waals surface area contributed by atoms with E-state index in [1.165, 1.54) is 18.2 Å². The fraction of sp³-hybridized carbons (Fsp3) is 0.212. The average molecular weight is 523 g/mol. The summed E-state index contributed by atoms with van der Waals surface area (Å²) in [4.78, 5) is 25.8. The number of hydrogen-bond acceptors (Lipinski definition) is 5. The van der Waals surface area contributed by atoms with E-state index in [9.17, 15) is 9.59 Å². The van der Waals surface area contributed by atoms with Gasteiger partial charge >= 0.3 is 5.97 Å². The lowest BCUT2D eigenvalue weighted by Gasteiger charge is -2.28. The fourth-order valence-corrected chi connectivity index (χ4v) is 4.61. The lowest BCUT2D eigenvalue weighted by atomic mass is 9.90. The zero-order valence-electron chi connectivity index (χ0n) is 22.2. The summed E-state index contributed by atoms with van der Waals surface area (Å²) >= 11 is 0. The van der Waals surface area contributed by atoms with Gasteiger partial charge in [0.25, 0.3) is 0 Å². The van der Waals surface area contributed by atoms with E-state index in [4.69, 9.17) is 15.2 Å². The highest BCUT2D eigenvalue weighted by Gasteiger charge is 2.19. The fourth-order valence-electron chi connectivity index (χ4n) is 4.61. The van der Waals surface area contributed by atoms with Gasteiger partial charge in [-0.15, -0.1) is 0 Å². The van der Waals surface area contributed by atoms with Gasteiger partial charge in [-0.25, -0.2) is 4.79 Å². The van der Waals surface area contributed by atoms with Crippen LogP contribution in [-0.2, 0) is 11.3 Å². The summed E-state index contributed by atoms with van der Waals surface area (Å²) in [7, 11) is 1.39. The Hall–Kier alpha value is -4.42. The van der Waals surface area contributed by atoms with Gasteiger partial charge in [0, 0.05) is 31.1 Å². The summed E-state index contributed by atoms with van der Waals surface area (Å²) in [5, 5.41) is 0. The van der Waals surface area contributed by atoms with Gasteiger partial charge in [0.2, 0.25) is 5.91 Å². The average Bonchev–Trinajstić information content (AvgIpc) is 2.98. The molecule has 0 saturated carbocycles. The standard InChI is InChI=1S/C33H34N2O4/c1-38-33(37)28-18-16-25(17-19-28)23-35(20-9-21-39-30-15-8-14-29(22-30)32(34)36)24-31(26-10-4-2-5-11-26)27-12-6-3-7-13-27/h2-8,10-19,22,31H,9,20-21,23-24H2,1H3,(H2,34,36). The third kappa shape index (κ3) is 8.03. The highest BCUT2D eigenvalue weighted by Crippen LogP contribution is 2.26. The maximum atomic E-state index is 11.9. The molecule has 39 heavy (non-hydrogen) atoms. The molecule has 2 N–H and O–H groups in total. The van der Waals surface area contributed by atoms with Crippen LogP contribution >= 0.6 is 0 Å². The molecule has 1 amide bonds. The van der Waals surface area contributed by atoms with Gasteiger partial charge in [-0.05, 0) is 53.4 Å². The molecular formula is C33H34N2O4. The van der Waals surface area contributed by atoms with Gasteiger partial charge in [0.1, 0.15) is 5.75 Å². The SMILES string of the molecule is COC(=O)c1ccc(CN(CCCOc2cccc(C(N)=O)c2)CC(c2ccccc2)c2ccccc2)cc1. The van der Waals surface area contributed by atoms with Crippen molar-refractivity contribution in [1.82, 2.24) is 4.90 Å². The molecule has 0 aliphatic heterocycles. The van der Waals surface area contributed by atoms with E-state index in [0.29, 0.717) is 23.5 Å².